The fraction of sp³-hybridized carbons (Fsp3) is 0.409. The molecule has 4 rings (SSSR count). The molecule has 2 aromatic carbocycles. The molecule has 0 spiro atoms. The quantitative estimate of drug-likeness (QED) is 0.691. The number of nitrogens with zero attached hydrogens (tertiary/aromatic N) is 1. The highest BCUT2D eigenvalue weighted by Crippen LogP contribution is 2.50. The molecule has 7 heteroatoms. The van der Waals surface area contributed by atoms with Gasteiger partial charge in [0.05, 0.1) is 26.9 Å². The van der Waals surface area contributed by atoms with E-state index in [1.165, 1.54) is 0 Å². The van der Waals surface area contributed by atoms with Gasteiger partial charge < -0.3 is 23.7 Å². The number of benzene rings is 2. The minimum Gasteiger partial charge on any atom is -0.497 e. The Morgan fingerprint density at radius 3 is 2.69 bits per heavy atom. The Morgan fingerprint density at radius 1 is 1.14 bits per heavy atom. The fourth-order valence-corrected chi connectivity index (χ4v) is 4.10. The van der Waals surface area contributed by atoms with Crippen molar-refractivity contribution in [2.75, 3.05) is 41.7 Å². The first-order valence-electron chi connectivity index (χ1n) is 9.52. The molecule has 0 radical (unpaired) electrons. The van der Waals surface area contributed by atoms with Crippen molar-refractivity contribution in [2.45, 2.75) is 18.9 Å². The Morgan fingerprint density at radius 2 is 1.97 bits per heavy atom. The summed E-state index contributed by atoms with van der Waals surface area (Å²) in [6.07, 6.45) is 1.15. The average molecular weight is 399 g/mol. The third-order valence-corrected chi connectivity index (χ3v) is 5.63. The second-order valence-corrected chi connectivity index (χ2v) is 7.16. The fourth-order valence-electron chi connectivity index (χ4n) is 4.10. The monoisotopic (exact) mass is 399 g/mol. The summed E-state index contributed by atoms with van der Waals surface area (Å²) in [5.74, 6) is 3.11. The van der Waals surface area contributed by atoms with E-state index in [4.69, 9.17) is 23.7 Å². The van der Waals surface area contributed by atoms with Crippen LogP contribution in [0.5, 0.6) is 28.7 Å². The molecule has 0 N–H and O–H groups in total. The first-order chi connectivity index (χ1) is 14.1. The topological polar surface area (TPSA) is 66.5 Å². The van der Waals surface area contributed by atoms with Crippen LogP contribution in [0, 0.1) is 0 Å². The first kappa shape index (κ1) is 19.4. The normalized spacial score (nSPS) is 17.6. The number of likely N-dealkylation sites (N-methyl/N-ethyl adjacent to an activating group) is 1. The van der Waals surface area contributed by atoms with Crippen molar-refractivity contribution >= 4 is 5.78 Å². The molecule has 0 aromatic heterocycles. The van der Waals surface area contributed by atoms with Gasteiger partial charge in [-0.05, 0) is 37.2 Å². The molecule has 0 bridgehead atoms. The Kier molecular flexibility index (Phi) is 5.24. The molecule has 2 aromatic rings. The summed E-state index contributed by atoms with van der Waals surface area (Å²) in [5.41, 5.74) is 2.66. The molecule has 2 aliphatic rings. The number of carbonyl (C=O) groups is 1. The largest absolute Gasteiger partial charge is 0.497 e. The highest BCUT2D eigenvalue weighted by molar-refractivity contribution is 5.99. The van der Waals surface area contributed by atoms with Crippen molar-refractivity contribution < 1.29 is 28.5 Å². The molecular formula is C22H25NO6. The first-order valence-corrected chi connectivity index (χ1v) is 9.52. The number of rotatable bonds is 6. The molecule has 29 heavy (non-hydrogen) atoms. The number of ether oxygens (including phenoxy) is 5. The maximum absolute atomic E-state index is 13.2. The van der Waals surface area contributed by atoms with E-state index in [1.807, 2.05) is 13.1 Å². The van der Waals surface area contributed by atoms with E-state index >= 15 is 0 Å². The number of ketones is 1. The van der Waals surface area contributed by atoms with E-state index in [0.29, 0.717) is 40.7 Å². The SMILES string of the molecule is COc1ccc(C(=O)C[C@H]2c3c(cc4c(c3OC)OCO4)CCN2C)c(OC)c1. The summed E-state index contributed by atoms with van der Waals surface area (Å²) in [7, 11) is 6.78. The van der Waals surface area contributed by atoms with Gasteiger partial charge in [-0.2, -0.15) is 0 Å². The predicted molar refractivity (Wildman–Crippen MR) is 107 cm³/mol. The molecule has 7 nitrogen and oxygen atoms in total. The average Bonchev–Trinajstić information content (AvgIpc) is 3.21. The molecule has 1 atom stereocenters. The summed E-state index contributed by atoms with van der Waals surface area (Å²) in [4.78, 5) is 15.4. The summed E-state index contributed by atoms with van der Waals surface area (Å²) in [6, 6.07) is 7.12. The lowest BCUT2D eigenvalue weighted by Crippen LogP contribution is -2.34. The second-order valence-electron chi connectivity index (χ2n) is 7.16. The van der Waals surface area contributed by atoms with Gasteiger partial charge in [0.15, 0.2) is 17.3 Å². The Hall–Kier alpha value is -2.93. The predicted octanol–water partition coefficient (Wildman–Crippen LogP) is 3.24. The van der Waals surface area contributed by atoms with Gasteiger partial charge in [0.1, 0.15) is 11.5 Å². The van der Waals surface area contributed by atoms with Crippen molar-refractivity contribution in [1.29, 1.82) is 0 Å². The summed E-state index contributed by atoms with van der Waals surface area (Å²) < 4.78 is 27.6. The molecular weight excluding hydrogens is 374 g/mol. The van der Waals surface area contributed by atoms with Gasteiger partial charge in [-0.15, -0.1) is 0 Å². The zero-order valence-corrected chi connectivity index (χ0v) is 17.1. The maximum Gasteiger partial charge on any atom is 0.231 e. The molecule has 0 saturated carbocycles. The Balaban J connectivity index is 1.71. The van der Waals surface area contributed by atoms with Crippen LogP contribution in [0.1, 0.15) is 33.9 Å². The number of hydrogen-bond donors (Lipinski definition) is 0. The van der Waals surface area contributed by atoms with Crippen LogP contribution in [0.25, 0.3) is 0 Å². The van der Waals surface area contributed by atoms with Crippen LogP contribution < -0.4 is 23.7 Å². The molecule has 0 amide bonds. The van der Waals surface area contributed by atoms with Crippen LogP contribution in [0.4, 0.5) is 0 Å². The standard InChI is InChI=1S/C22H25NO6/c1-23-8-7-13-9-19-21(29-12-28-19)22(27-4)20(13)16(23)11-17(24)15-6-5-14(25-2)10-18(15)26-3/h5-6,9-10,16H,7-8,11-12H2,1-4H3/t16-/m0/s1. The molecule has 0 saturated heterocycles. The van der Waals surface area contributed by atoms with Crippen LogP contribution >= 0.6 is 0 Å². The molecule has 154 valence electrons. The van der Waals surface area contributed by atoms with Crippen LogP contribution in [0.15, 0.2) is 24.3 Å². The van der Waals surface area contributed by atoms with E-state index < -0.39 is 0 Å². The van der Waals surface area contributed by atoms with Crippen LogP contribution in [-0.4, -0.2) is 52.4 Å². The molecule has 0 aliphatic carbocycles. The summed E-state index contributed by atoms with van der Waals surface area (Å²) in [6.45, 7) is 1.02. The van der Waals surface area contributed by atoms with Crippen LogP contribution in [0.3, 0.4) is 0 Å². The minimum atomic E-state index is -0.137. The Labute approximate surface area is 170 Å². The van der Waals surface area contributed by atoms with Gasteiger partial charge >= 0.3 is 0 Å². The number of carbonyl (C=O) groups excluding carboxylic acids is 1. The van der Waals surface area contributed by atoms with Crippen molar-refractivity contribution in [3.05, 3.63) is 41.0 Å². The highest BCUT2D eigenvalue weighted by Gasteiger charge is 2.35. The lowest BCUT2D eigenvalue weighted by molar-refractivity contribution is 0.0922. The van der Waals surface area contributed by atoms with E-state index in [0.717, 1.165) is 24.1 Å². The third-order valence-electron chi connectivity index (χ3n) is 5.63. The van der Waals surface area contributed by atoms with E-state index in [2.05, 4.69) is 4.90 Å². The van der Waals surface area contributed by atoms with E-state index in [1.54, 1.807) is 39.5 Å². The number of Topliss-reactive ketones (excluding diaryl/α,β-unsaturated/α-hetero) is 1. The zero-order chi connectivity index (χ0) is 20.5. The lowest BCUT2D eigenvalue weighted by atomic mass is 9.87. The van der Waals surface area contributed by atoms with Gasteiger partial charge in [0.25, 0.3) is 0 Å². The van der Waals surface area contributed by atoms with Gasteiger partial charge in [0.2, 0.25) is 12.5 Å². The second kappa shape index (κ2) is 7.83. The number of hydrogen-bond acceptors (Lipinski definition) is 7. The van der Waals surface area contributed by atoms with Crippen molar-refractivity contribution in [3.8, 4) is 28.7 Å². The molecule has 2 aliphatic heterocycles. The van der Waals surface area contributed by atoms with Gasteiger partial charge in [-0.3, -0.25) is 9.69 Å². The Bertz CT molecular complexity index is 941. The van der Waals surface area contributed by atoms with Crippen molar-refractivity contribution in [3.63, 3.8) is 0 Å². The maximum atomic E-state index is 13.2. The molecule has 0 unspecified atom stereocenters. The van der Waals surface area contributed by atoms with Gasteiger partial charge in [-0.1, -0.05) is 0 Å². The molecule has 0 fully saturated rings. The zero-order valence-electron chi connectivity index (χ0n) is 17.1. The summed E-state index contributed by atoms with van der Waals surface area (Å²) in [5, 5.41) is 0. The van der Waals surface area contributed by atoms with Crippen molar-refractivity contribution in [2.24, 2.45) is 0 Å². The third kappa shape index (κ3) is 3.35. The molecule has 2 heterocycles. The van der Waals surface area contributed by atoms with Gasteiger partial charge in [-0.25, -0.2) is 0 Å². The number of methoxy groups -OCH3 is 3. The number of fused-ring (bicyclic) bond motifs is 2. The van der Waals surface area contributed by atoms with Crippen LogP contribution in [0.2, 0.25) is 0 Å². The van der Waals surface area contributed by atoms with E-state index in [-0.39, 0.29) is 18.6 Å². The summed E-state index contributed by atoms with van der Waals surface area (Å²) >= 11 is 0. The smallest absolute Gasteiger partial charge is 0.231 e. The lowest BCUT2D eigenvalue weighted by Gasteiger charge is -2.35. The highest BCUT2D eigenvalue weighted by atomic mass is 16.7. The van der Waals surface area contributed by atoms with Crippen molar-refractivity contribution in [1.82, 2.24) is 4.90 Å². The van der Waals surface area contributed by atoms with Crippen LogP contribution in [-0.2, 0) is 6.42 Å². The van der Waals surface area contributed by atoms with Gasteiger partial charge in [0, 0.05) is 30.6 Å². The minimum absolute atomic E-state index is 0.00563. The van der Waals surface area contributed by atoms with E-state index in [9.17, 15) is 4.79 Å².